The van der Waals surface area contributed by atoms with Crippen LogP contribution in [0.2, 0.25) is 0 Å². The van der Waals surface area contributed by atoms with Gasteiger partial charge in [0.15, 0.2) is 0 Å². The number of benzene rings is 2. The van der Waals surface area contributed by atoms with E-state index < -0.39 is 39.6 Å². The first-order chi connectivity index (χ1) is 14.5. The minimum atomic E-state index is -4.51. The Balaban J connectivity index is 1.91. The van der Waals surface area contributed by atoms with Gasteiger partial charge >= 0.3 is 6.18 Å². The zero-order chi connectivity index (χ0) is 23.0. The highest BCUT2D eigenvalue weighted by molar-refractivity contribution is 7.90. The van der Waals surface area contributed by atoms with Crippen molar-refractivity contribution in [3.63, 3.8) is 0 Å². The number of rotatable bonds is 6. The Labute approximate surface area is 178 Å². The molecule has 0 saturated carbocycles. The number of carbonyl (C=O) groups excluding carboxylic acids is 2. The van der Waals surface area contributed by atoms with E-state index in [1.807, 2.05) is 6.92 Å². The van der Waals surface area contributed by atoms with Crippen molar-refractivity contribution in [1.82, 2.24) is 9.62 Å². The van der Waals surface area contributed by atoms with Gasteiger partial charge in [0.2, 0.25) is 0 Å². The Kier molecular flexibility index (Phi) is 6.13. The fourth-order valence-electron chi connectivity index (χ4n) is 3.51. The number of carbonyl (C=O) groups is 2. The number of nitrogens with zero attached hydrogens (tertiary/aromatic N) is 1. The summed E-state index contributed by atoms with van der Waals surface area (Å²) in [6.07, 6.45) is -3.53. The van der Waals surface area contributed by atoms with Crippen LogP contribution in [-0.2, 0) is 16.2 Å². The minimum Gasteiger partial charge on any atom is -0.345 e. The summed E-state index contributed by atoms with van der Waals surface area (Å²) in [5.41, 5.74) is -0.532. The van der Waals surface area contributed by atoms with Crippen LogP contribution in [0, 0.1) is 0 Å². The maximum atomic E-state index is 13.1. The first kappa shape index (κ1) is 22.8. The van der Waals surface area contributed by atoms with Crippen molar-refractivity contribution in [2.45, 2.75) is 43.8 Å². The van der Waals surface area contributed by atoms with Crippen LogP contribution >= 0.6 is 0 Å². The van der Waals surface area contributed by atoms with Crippen LogP contribution in [0.4, 0.5) is 13.2 Å². The fourth-order valence-corrected chi connectivity index (χ4v) is 5.12. The second-order valence-electron chi connectivity index (χ2n) is 7.12. The normalized spacial score (nSPS) is 16.2. The number of alkyl halides is 3. The number of fused-ring (bicyclic) bond motifs is 1. The van der Waals surface area contributed by atoms with Crippen molar-refractivity contribution in [3.8, 4) is 0 Å². The summed E-state index contributed by atoms with van der Waals surface area (Å²) in [5, 5.41) is 2.68. The van der Waals surface area contributed by atoms with Gasteiger partial charge in [0, 0.05) is 12.1 Å². The van der Waals surface area contributed by atoms with Crippen molar-refractivity contribution < 1.29 is 31.2 Å². The molecule has 0 radical (unpaired) electrons. The summed E-state index contributed by atoms with van der Waals surface area (Å²) in [6.45, 7) is 3.32. The summed E-state index contributed by atoms with van der Waals surface area (Å²) >= 11 is 0. The van der Waals surface area contributed by atoms with E-state index in [1.54, 1.807) is 0 Å². The molecule has 6 nitrogen and oxygen atoms in total. The second-order valence-corrected chi connectivity index (χ2v) is 8.95. The summed E-state index contributed by atoms with van der Waals surface area (Å²) in [6, 6.07) is 7.76. The van der Waals surface area contributed by atoms with E-state index in [0.29, 0.717) is 18.4 Å². The summed E-state index contributed by atoms with van der Waals surface area (Å²) < 4.78 is 65.0. The van der Waals surface area contributed by atoms with Gasteiger partial charge in [-0.25, -0.2) is 12.7 Å². The van der Waals surface area contributed by atoms with E-state index in [1.165, 1.54) is 31.2 Å². The summed E-state index contributed by atoms with van der Waals surface area (Å²) in [4.78, 5) is 24.8. The molecule has 0 aromatic heterocycles. The van der Waals surface area contributed by atoms with Gasteiger partial charge in [0.25, 0.3) is 21.8 Å². The van der Waals surface area contributed by atoms with Crippen molar-refractivity contribution in [2.24, 2.45) is 0 Å². The van der Waals surface area contributed by atoms with Crippen LogP contribution in [0.5, 0.6) is 0 Å². The minimum absolute atomic E-state index is 0.00107. The molecule has 1 atom stereocenters. The van der Waals surface area contributed by atoms with E-state index in [9.17, 15) is 31.2 Å². The average Bonchev–Trinajstić information content (AvgIpc) is 2.91. The molecule has 31 heavy (non-hydrogen) atoms. The lowest BCUT2D eigenvalue weighted by Gasteiger charge is -2.20. The zero-order valence-electron chi connectivity index (χ0n) is 16.9. The lowest BCUT2D eigenvalue weighted by molar-refractivity contribution is -0.137. The first-order valence-electron chi connectivity index (χ1n) is 9.69. The predicted octanol–water partition coefficient (Wildman–Crippen LogP) is 4.14. The maximum Gasteiger partial charge on any atom is 0.416 e. The van der Waals surface area contributed by atoms with Crippen LogP contribution in [0.1, 0.15) is 64.6 Å². The molecule has 0 bridgehead atoms. The quantitative estimate of drug-likeness (QED) is 0.711. The molecule has 0 aliphatic carbocycles. The molecule has 0 saturated heterocycles. The number of halogens is 3. The first-order valence-corrected chi connectivity index (χ1v) is 11.1. The lowest BCUT2D eigenvalue weighted by atomic mass is 9.99. The molecule has 0 fully saturated rings. The van der Waals surface area contributed by atoms with Gasteiger partial charge in [-0.15, -0.1) is 0 Å². The summed E-state index contributed by atoms with van der Waals surface area (Å²) in [7, 11) is -4.04. The molecule has 1 N–H and O–H groups in total. The Bertz CT molecular complexity index is 1130. The molecule has 1 unspecified atom stereocenters. The Hall–Kier alpha value is -2.88. The van der Waals surface area contributed by atoms with E-state index in [4.69, 9.17) is 0 Å². The molecule has 3 rings (SSSR count). The molecule has 1 aliphatic rings. The number of sulfonamides is 1. The molecule has 2 aromatic rings. The molecular formula is C21H21F3N2O4S. The molecule has 10 heteroatoms. The van der Waals surface area contributed by atoms with Crippen molar-refractivity contribution in [2.75, 3.05) is 6.54 Å². The van der Waals surface area contributed by atoms with Gasteiger partial charge < -0.3 is 5.32 Å². The molecule has 1 heterocycles. The van der Waals surface area contributed by atoms with Crippen LogP contribution in [0.3, 0.4) is 0 Å². The molecule has 2 aromatic carbocycles. The number of hydrogen-bond donors (Lipinski definition) is 1. The largest absolute Gasteiger partial charge is 0.416 e. The van der Waals surface area contributed by atoms with Crippen LogP contribution in [0.25, 0.3) is 0 Å². The van der Waals surface area contributed by atoms with Crippen molar-refractivity contribution >= 4 is 21.8 Å². The third-order valence-electron chi connectivity index (χ3n) is 5.05. The van der Waals surface area contributed by atoms with E-state index in [0.717, 1.165) is 22.5 Å². The van der Waals surface area contributed by atoms with Gasteiger partial charge in [-0.1, -0.05) is 25.5 Å². The third kappa shape index (κ3) is 4.30. The molecule has 1 aliphatic heterocycles. The van der Waals surface area contributed by atoms with Crippen LogP contribution in [0.15, 0.2) is 47.4 Å². The fraction of sp³-hybridized carbons (Fsp3) is 0.333. The number of hydrogen-bond acceptors (Lipinski definition) is 4. The molecular weight excluding hydrogens is 433 g/mol. The Morgan fingerprint density at radius 1 is 1.13 bits per heavy atom. The standard InChI is InChI=1S/C21H21F3N2O4S/c1-3-6-17(13-7-5-8-15(11-13)21(22,23)24)25-19(27)14-9-10-16-18(12-14)31(29,30)26(4-2)20(16)28/h5,7-12,17H,3-4,6H2,1-2H3,(H,25,27). The molecule has 0 spiro atoms. The Morgan fingerprint density at radius 3 is 2.45 bits per heavy atom. The average molecular weight is 454 g/mol. The van der Waals surface area contributed by atoms with E-state index >= 15 is 0 Å². The topological polar surface area (TPSA) is 83.6 Å². The zero-order valence-corrected chi connectivity index (χ0v) is 17.7. The lowest BCUT2D eigenvalue weighted by Crippen LogP contribution is -2.29. The van der Waals surface area contributed by atoms with Crippen molar-refractivity contribution in [1.29, 1.82) is 0 Å². The van der Waals surface area contributed by atoms with E-state index in [2.05, 4.69) is 5.32 Å². The molecule has 2 amide bonds. The monoisotopic (exact) mass is 454 g/mol. The molecule has 166 valence electrons. The predicted molar refractivity (Wildman–Crippen MR) is 107 cm³/mol. The van der Waals surface area contributed by atoms with Crippen LogP contribution in [-0.4, -0.2) is 31.1 Å². The highest BCUT2D eigenvalue weighted by Gasteiger charge is 2.40. The third-order valence-corrected chi connectivity index (χ3v) is 6.95. The van der Waals surface area contributed by atoms with Gasteiger partial charge in [0.05, 0.1) is 17.2 Å². The second kappa shape index (κ2) is 8.33. The van der Waals surface area contributed by atoms with Gasteiger partial charge in [0.1, 0.15) is 4.90 Å². The van der Waals surface area contributed by atoms with Crippen LogP contribution < -0.4 is 5.32 Å². The number of amides is 2. The van der Waals surface area contributed by atoms with E-state index in [-0.39, 0.29) is 22.6 Å². The maximum absolute atomic E-state index is 13.1. The van der Waals surface area contributed by atoms with Crippen molar-refractivity contribution in [3.05, 3.63) is 64.7 Å². The smallest absolute Gasteiger partial charge is 0.345 e. The summed E-state index contributed by atoms with van der Waals surface area (Å²) in [5.74, 6) is -1.30. The SMILES string of the molecule is CCCC(NC(=O)c1ccc2c(c1)S(=O)(=O)N(CC)C2=O)c1cccc(C(F)(F)F)c1. The van der Waals surface area contributed by atoms with Gasteiger partial charge in [-0.2, -0.15) is 13.2 Å². The number of nitrogens with one attached hydrogen (secondary N) is 1. The van der Waals surface area contributed by atoms with Gasteiger partial charge in [-0.05, 0) is 49.2 Å². The highest BCUT2D eigenvalue weighted by Crippen LogP contribution is 2.33. The Morgan fingerprint density at radius 2 is 1.84 bits per heavy atom. The van der Waals surface area contributed by atoms with Gasteiger partial charge in [-0.3, -0.25) is 9.59 Å². The highest BCUT2D eigenvalue weighted by atomic mass is 32.2.